The molecule has 0 spiro atoms. The van der Waals surface area contributed by atoms with Crippen molar-refractivity contribution in [1.29, 1.82) is 0 Å². The molecule has 0 saturated carbocycles. The molecule has 1 heterocycles. The number of halogens is 4. The Balaban J connectivity index is 1.54. The summed E-state index contributed by atoms with van der Waals surface area (Å²) in [5, 5.41) is 3.11. The van der Waals surface area contributed by atoms with Crippen LogP contribution in [0.15, 0.2) is 95.8 Å². The Morgan fingerprint density at radius 1 is 0.896 bits per heavy atom. The van der Waals surface area contributed by atoms with E-state index in [-0.39, 0.29) is 54.0 Å². The molecule has 5 aromatic rings. The van der Waals surface area contributed by atoms with Crippen molar-refractivity contribution in [3.8, 4) is 17.2 Å². The van der Waals surface area contributed by atoms with Crippen molar-refractivity contribution in [2.24, 2.45) is 0 Å². The largest absolute Gasteiger partial charge is 0.493 e. The first kappa shape index (κ1) is 34.6. The molecule has 1 unspecified atom stereocenters. The Hall–Kier alpha value is -4.71. The standard InChI is InChI=1S/C34H32F4N3O6P/c1-4-46-48(43,47-5-2)32(40-28-13-9-7-11-26(28)34(36,37)38)22-14-19-29(30(20-22)44-3)45-21-31-39-27-12-8-6-10-25(27)33(42)41(31)24-17-15-23(35)16-18-24/h6-20,32,40H,4-5,21H2,1-3H3. The zero-order valence-corrected chi connectivity index (χ0v) is 27.1. The quantitative estimate of drug-likeness (QED) is 0.0973. The number of fused-ring (bicyclic) bond motifs is 1. The Kier molecular flexibility index (Phi) is 10.5. The molecule has 0 amide bonds. The zero-order valence-electron chi connectivity index (χ0n) is 26.2. The summed E-state index contributed by atoms with van der Waals surface area (Å²) in [6.07, 6.45) is -4.70. The molecule has 1 atom stereocenters. The van der Waals surface area contributed by atoms with Gasteiger partial charge in [0.15, 0.2) is 23.1 Å². The van der Waals surface area contributed by atoms with Gasteiger partial charge in [-0.25, -0.2) is 9.37 Å². The van der Waals surface area contributed by atoms with Crippen molar-refractivity contribution < 1.29 is 40.6 Å². The van der Waals surface area contributed by atoms with Crippen molar-refractivity contribution in [3.63, 3.8) is 0 Å². The van der Waals surface area contributed by atoms with Gasteiger partial charge < -0.3 is 23.8 Å². The van der Waals surface area contributed by atoms with Gasteiger partial charge in [0.1, 0.15) is 12.4 Å². The van der Waals surface area contributed by atoms with E-state index >= 15 is 0 Å². The summed E-state index contributed by atoms with van der Waals surface area (Å²) in [5.74, 6) is -1.33. The highest BCUT2D eigenvalue weighted by Crippen LogP contribution is 2.61. The molecule has 0 aliphatic rings. The Morgan fingerprint density at radius 3 is 2.23 bits per heavy atom. The fourth-order valence-electron chi connectivity index (χ4n) is 5.14. The fourth-order valence-corrected chi connectivity index (χ4v) is 7.06. The van der Waals surface area contributed by atoms with E-state index in [4.69, 9.17) is 18.5 Å². The van der Waals surface area contributed by atoms with Crippen LogP contribution in [0.25, 0.3) is 16.6 Å². The molecule has 9 nitrogen and oxygen atoms in total. The van der Waals surface area contributed by atoms with Crippen molar-refractivity contribution >= 4 is 24.2 Å². The number of methoxy groups -OCH3 is 1. The van der Waals surface area contributed by atoms with E-state index in [0.717, 1.165) is 6.07 Å². The van der Waals surface area contributed by atoms with Crippen LogP contribution in [0.2, 0.25) is 0 Å². The molecular formula is C34H32F4N3O6P. The van der Waals surface area contributed by atoms with Crippen LogP contribution < -0.4 is 20.3 Å². The molecule has 5 rings (SSSR count). The molecule has 0 saturated heterocycles. The first-order valence-corrected chi connectivity index (χ1v) is 16.5. The van der Waals surface area contributed by atoms with Crippen LogP contribution in [0.4, 0.5) is 23.2 Å². The predicted molar refractivity (Wildman–Crippen MR) is 173 cm³/mol. The Labute approximate surface area is 273 Å². The first-order chi connectivity index (χ1) is 23.0. The van der Waals surface area contributed by atoms with Crippen LogP contribution in [0.3, 0.4) is 0 Å². The third-order valence-electron chi connectivity index (χ3n) is 7.25. The fraction of sp³-hybridized carbons (Fsp3) is 0.235. The lowest BCUT2D eigenvalue weighted by Gasteiger charge is -2.29. The summed E-state index contributed by atoms with van der Waals surface area (Å²) >= 11 is 0. The molecule has 0 radical (unpaired) electrons. The van der Waals surface area contributed by atoms with Crippen LogP contribution in [0.1, 0.15) is 36.6 Å². The number of para-hydroxylation sites is 2. The van der Waals surface area contributed by atoms with Gasteiger partial charge in [-0.3, -0.25) is 13.9 Å². The third-order valence-corrected chi connectivity index (χ3v) is 9.55. The second kappa shape index (κ2) is 14.6. The number of rotatable bonds is 13. The lowest BCUT2D eigenvalue weighted by atomic mass is 10.1. The van der Waals surface area contributed by atoms with Gasteiger partial charge in [0.25, 0.3) is 5.56 Å². The second-order valence-corrected chi connectivity index (χ2v) is 12.4. The van der Waals surface area contributed by atoms with E-state index in [9.17, 15) is 26.9 Å². The van der Waals surface area contributed by atoms with Gasteiger partial charge in [-0.2, -0.15) is 13.2 Å². The predicted octanol–water partition coefficient (Wildman–Crippen LogP) is 8.51. The number of nitrogens with zero attached hydrogens (tertiary/aromatic N) is 2. The Morgan fingerprint density at radius 2 is 1.56 bits per heavy atom. The normalized spacial score (nSPS) is 12.6. The lowest BCUT2D eigenvalue weighted by Crippen LogP contribution is -2.25. The van der Waals surface area contributed by atoms with Crippen LogP contribution in [-0.4, -0.2) is 29.9 Å². The maximum Gasteiger partial charge on any atom is 0.418 e. The van der Waals surface area contributed by atoms with Crippen LogP contribution in [0.5, 0.6) is 11.5 Å². The van der Waals surface area contributed by atoms with Crippen LogP contribution in [0, 0.1) is 5.82 Å². The first-order valence-electron chi connectivity index (χ1n) is 14.9. The van der Waals surface area contributed by atoms with E-state index in [1.165, 1.54) is 72.3 Å². The summed E-state index contributed by atoms with van der Waals surface area (Å²) < 4.78 is 93.6. The van der Waals surface area contributed by atoms with Gasteiger partial charge in [0, 0.05) is 5.69 Å². The number of benzene rings is 4. The molecule has 0 aliphatic carbocycles. The number of hydrogen-bond donors (Lipinski definition) is 1. The molecule has 1 N–H and O–H groups in total. The molecule has 1 aromatic heterocycles. The van der Waals surface area contributed by atoms with E-state index in [1.807, 2.05) is 0 Å². The molecule has 48 heavy (non-hydrogen) atoms. The van der Waals surface area contributed by atoms with E-state index in [2.05, 4.69) is 10.3 Å². The zero-order chi connectivity index (χ0) is 34.5. The van der Waals surface area contributed by atoms with Gasteiger partial charge in [0.05, 0.1) is 42.5 Å². The van der Waals surface area contributed by atoms with E-state index in [0.29, 0.717) is 16.6 Å². The summed E-state index contributed by atoms with van der Waals surface area (Å²) in [5.41, 5.74) is -0.641. The van der Waals surface area contributed by atoms with Crippen molar-refractivity contribution in [2.45, 2.75) is 32.4 Å². The summed E-state index contributed by atoms with van der Waals surface area (Å²) in [6, 6.07) is 21.4. The van der Waals surface area contributed by atoms with Crippen LogP contribution in [-0.2, 0) is 26.4 Å². The summed E-state index contributed by atoms with van der Waals surface area (Å²) in [7, 11) is -2.76. The molecular weight excluding hydrogens is 653 g/mol. The molecule has 14 heteroatoms. The molecule has 4 aromatic carbocycles. The summed E-state index contributed by atoms with van der Waals surface area (Å²) in [4.78, 5) is 18.2. The maximum absolute atomic E-state index is 14.1. The monoisotopic (exact) mass is 685 g/mol. The third kappa shape index (κ3) is 7.38. The van der Waals surface area contributed by atoms with Gasteiger partial charge in [-0.05, 0) is 80.1 Å². The molecule has 0 bridgehead atoms. The van der Waals surface area contributed by atoms with Gasteiger partial charge >= 0.3 is 13.8 Å². The molecule has 252 valence electrons. The highest BCUT2D eigenvalue weighted by Gasteiger charge is 2.40. The highest BCUT2D eigenvalue weighted by molar-refractivity contribution is 7.54. The smallest absolute Gasteiger partial charge is 0.418 e. The number of anilines is 1. The van der Waals surface area contributed by atoms with Crippen molar-refractivity contribution in [3.05, 3.63) is 124 Å². The number of ether oxygens (including phenoxy) is 2. The topological polar surface area (TPSA) is 101 Å². The number of hydrogen-bond acceptors (Lipinski definition) is 8. The van der Waals surface area contributed by atoms with Crippen molar-refractivity contribution in [2.75, 3.05) is 25.6 Å². The van der Waals surface area contributed by atoms with E-state index in [1.54, 1.807) is 38.1 Å². The minimum atomic E-state index is -4.70. The number of aromatic nitrogens is 2. The minimum absolute atomic E-state index is 0.0385. The highest BCUT2D eigenvalue weighted by atomic mass is 31.2. The minimum Gasteiger partial charge on any atom is -0.493 e. The number of nitrogens with one attached hydrogen (secondary N) is 1. The van der Waals surface area contributed by atoms with E-state index < -0.39 is 30.9 Å². The maximum atomic E-state index is 14.1. The lowest BCUT2D eigenvalue weighted by molar-refractivity contribution is -0.137. The SMILES string of the molecule is CCOP(=O)(OCC)C(Nc1ccccc1C(F)(F)F)c1ccc(OCc2nc3ccccc3c(=O)n2-c2ccc(F)cc2)c(OC)c1. The average molecular weight is 686 g/mol. The van der Waals surface area contributed by atoms with Gasteiger partial charge in [-0.15, -0.1) is 0 Å². The van der Waals surface area contributed by atoms with Crippen LogP contribution >= 0.6 is 7.60 Å². The van der Waals surface area contributed by atoms with Gasteiger partial charge in [0.2, 0.25) is 0 Å². The molecule has 0 fully saturated rings. The average Bonchev–Trinajstić information content (AvgIpc) is 3.07. The van der Waals surface area contributed by atoms with Crippen molar-refractivity contribution in [1.82, 2.24) is 9.55 Å². The number of alkyl halides is 3. The van der Waals surface area contributed by atoms with Gasteiger partial charge in [-0.1, -0.05) is 30.3 Å². The summed E-state index contributed by atoms with van der Waals surface area (Å²) in [6.45, 7) is 2.88. The Bertz CT molecular complexity index is 1990. The second-order valence-electron chi connectivity index (χ2n) is 10.3. The molecule has 0 aliphatic heterocycles.